The first-order valence-corrected chi connectivity index (χ1v) is 13.8. The molecule has 4 atom stereocenters. The number of aromatic nitrogens is 1. The van der Waals surface area contributed by atoms with Crippen molar-refractivity contribution in [3.8, 4) is 0 Å². The van der Waals surface area contributed by atoms with Crippen molar-refractivity contribution in [3.63, 3.8) is 0 Å². The molecule has 16 heteroatoms. The standard InChI is InChI=1S/C27H41N9O7/c28-10-4-3-7-17(29)23(39)34-19(9-5-11-32-27(30)31)24(40)35-20(25(41)36-21(26(42)43)13-22(37)38)12-15-14-33-18-8-2-1-6-16(15)18/h1-2,6,8,14,17,19-21,33H,3-5,7,9-13,28-29H2,(H,34,39)(H,35,40)(H,36,41)(H,37,38)(H,42,43)(H4,30,31,32). The normalized spacial score (nSPS) is 13.7. The fourth-order valence-electron chi connectivity index (χ4n) is 4.34. The van der Waals surface area contributed by atoms with Gasteiger partial charge in [0, 0.05) is 30.1 Å². The van der Waals surface area contributed by atoms with Crippen LogP contribution in [0.5, 0.6) is 0 Å². The summed E-state index contributed by atoms with van der Waals surface area (Å²) >= 11 is 0. The van der Waals surface area contributed by atoms with Crippen LogP contribution in [0.4, 0.5) is 0 Å². The number of benzene rings is 1. The van der Waals surface area contributed by atoms with Gasteiger partial charge in [0.25, 0.3) is 0 Å². The maximum atomic E-state index is 13.5. The highest BCUT2D eigenvalue weighted by molar-refractivity contribution is 5.95. The summed E-state index contributed by atoms with van der Waals surface area (Å²) in [6.45, 7) is 0.610. The van der Waals surface area contributed by atoms with Gasteiger partial charge in [-0.05, 0) is 43.9 Å². The molecular formula is C27H41N9O7. The van der Waals surface area contributed by atoms with Crippen molar-refractivity contribution in [1.82, 2.24) is 20.9 Å². The number of aliphatic carboxylic acids is 2. The number of nitrogens with zero attached hydrogens (tertiary/aromatic N) is 1. The van der Waals surface area contributed by atoms with Crippen molar-refractivity contribution in [2.24, 2.45) is 27.9 Å². The number of aliphatic imine (C=N–C) groups is 1. The zero-order chi connectivity index (χ0) is 31.9. The highest BCUT2D eigenvalue weighted by Crippen LogP contribution is 2.19. The zero-order valence-corrected chi connectivity index (χ0v) is 23.8. The van der Waals surface area contributed by atoms with Crippen LogP contribution in [0.3, 0.4) is 0 Å². The smallest absolute Gasteiger partial charge is 0.326 e. The van der Waals surface area contributed by atoms with Gasteiger partial charge in [0.15, 0.2) is 5.96 Å². The summed E-state index contributed by atoms with van der Waals surface area (Å²) in [5, 5.41) is 26.7. The average molecular weight is 604 g/mol. The highest BCUT2D eigenvalue weighted by Gasteiger charge is 2.31. The first-order valence-electron chi connectivity index (χ1n) is 13.8. The molecule has 14 N–H and O–H groups in total. The Labute approximate surface area is 248 Å². The van der Waals surface area contributed by atoms with Crippen molar-refractivity contribution in [2.75, 3.05) is 13.1 Å². The van der Waals surface area contributed by atoms with Gasteiger partial charge >= 0.3 is 11.9 Å². The lowest BCUT2D eigenvalue weighted by Gasteiger charge is -2.25. The lowest BCUT2D eigenvalue weighted by Crippen LogP contribution is -2.57. The predicted molar refractivity (Wildman–Crippen MR) is 158 cm³/mol. The first kappa shape index (κ1) is 34.5. The minimum atomic E-state index is -1.74. The van der Waals surface area contributed by atoms with Gasteiger partial charge in [-0.1, -0.05) is 24.6 Å². The molecule has 0 radical (unpaired) electrons. The minimum absolute atomic E-state index is 0.0751. The number of aromatic amines is 1. The molecule has 4 unspecified atom stereocenters. The highest BCUT2D eigenvalue weighted by atomic mass is 16.4. The second-order valence-corrected chi connectivity index (χ2v) is 10.0. The zero-order valence-electron chi connectivity index (χ0n) is 23.8. The van der Waals surface area contributed by atoms with Crippen molar-refractivity contribution in [1.29, 1.82) is 0 Å². The molecule has 2 aromatic rings. The topological polar surface area (TPSA) is 294 Å². The molecule has 0 bridgehead atoms. The summed E-state index contributed by atoms with van der Waals surface area (Å²) in [5.74, 6) is -5.37. The largest absolute Gasteiger partial charge is 0.481 e. The van der Waals surface area contributed by atoms with E-state index in [1.54, 1.807) is 18.3 Å². The molecule has 2 rings (SSSR count). The molecule has 0 saturated heterocycles. The minimum Gasteiger partial charge on any atom is -0.481 e. The van der Waals surface area contributed by atoms with Gasteiger partial charge in [-0.2, -0.15) is 0 Å². The molecule has 0 spiro atoms. The number of carboxylic acid groups (broad SMARTS) is 2. The number of unbranched alkanes of at least 4 members (excludes halogenated alkanes) is 1. The fourth-order valence-corrected chi connectivity index (χ4v) is 4.34. The Balaban J connectivity index is 2.31. The van der Waals surface area contributed by atoms with E-state index in [1.165, 1.54) is 0 Å². The molecule has 16 nitrogen and oxygen atoms in total. The third-order valence-corrected chi connectivity index (χ3v) is 6.61. The summed E-state index contributed by atoms with van der Waals surface area (Å²) < 4.78 is 0. The van der Waals surface area contributed by atoms with E-state index in [1.807, 2.05) is 12.1 Å². The van der Waals surface area contributed by atoms with E-state index in [4.69, 9.17) is 28.0 Å². The van der Waals surface area contributed by atoms with E-state index in [-0.39, 0.29) is 31.8 Å². The summed E-state index contributed by atoms with van der Waals surface area (Å²) in [4.78, 5) is 69.4. The molecule has 236 valence electrons. The number of fused-ring (bicyclic) bond motifs is 1. The van der Waals surface area contributed by atoms with Crippen LogP contribution < -0.4 is 38.9 Å². The van der Waals surface area contributed by atoms with E-state index in [0.717, 1.165) is 10.9 Å². The monoisotopic (exact) mass is 603 g/mol. The Morgan fingerprint density at radius 1 is 0.860 bits per heavy atom. The number of carbonyl (C=O) groups excluding carboxylic acids is 3. The Hall–Kier alpha value is -4.70. The maximum absolute atomic E-state index is 13.5. The van der Waals surface area contributed by atoms with Crippen molar-refractivity contribution < 1.29 is 34.2 Å². The molecule has 0 saturated carbocycles. The number of hydrogen-bond donors (Lipinski definition) is 10. The van der Waals surface area contributed by atoms with E-state index >= 15 is 0 Å². The summed E-state index contributed by atoms with van der Waals surface area (Å²) in [5.41, 5.74) is 23.7. The quantitative estimate of drug-likeness (QED) is 0.0487. The van der Waals surface area contributed by atoms with Crippen LogP contribution in [0.15, 0.2) is 35.5 Å². The number of H-pyrrole nitrogens is 1. The van der Waals surface area contributed by atoms with Gasteiger partial charge < -0.3 is 54.1 Å². The number of rotatable bonds is 19. The molecule has 0 aliphatic carbocycles. The second-order valence-electron chi connectivity index (χ2n) is 10.0. The number of nitrogens with one attached hydrogen (secondary N) is 4. The van der Waals surface area contributed by atoms with Gasteiger partial charge in [0.2, 0.25) is 17.7 Å². The van der Waals surface area contributed by atoms with E-state index in [0.29, 0.717) is 31.4 Å². The van der Waals surface area contributed by atoms with Gasteiger partial charge in [0.05, 0.1) is 12.5 Å². The Morgan fingerprint density at radius 2 is 1.51 bits per heavy atom. The van der Waals surface area contributed by atoms with Gasteiger partial charge in [-0.15, -0.1) is 0 Å². The van der Waals surface area contributed by atoms with Gasteiger partial charge in [-0.25, -0.2) is 4.79 Å². The number of nitrogens with two attached hydrogens (primary N) is 4. The number of carbonyl (C=O) groups is 5. The van der Waals surface area contributed by atoms with Crippen molar-refractivity contribution >= 4 is 46.5 Å². The Kier molecular flexibility index (Phi) is 13.9. The number of para-hydroxylation sites is 1. The van der Waals surface area contributed by atoms with Crippen LogP contribution in [0.1, 0.15) is 44.1 Å². The number of hydrogen-bond acceptors (Lipinski definition) is 8. The first-order chi connectivity index (χ1) is 20.4. The molecule has 0 aliphatic rings. The van der Waals surface area contributed by atoms with Gasteiger partial charge in [0.1, 0.15) is 18.1 Å². The van der Waals surface area contributed by atoms with Crippen LogP contribution in [0, 0.1) is 0 Å². The fraction of sp³-hybridized carbons (Fsp3) is 0.481. The van der Waals surface area contributed by atoms with Crippen LogP contribution >= 0.6 is 0 Å². The predicted octanol–water partition coefficient (Wildman–Crippen LogP) is -1.77. The SMILES string of the molecule is NCCCCC(N)C(=O)NC(CCCN=C(N)N)C(=O)NC(Cc1c[nH]c2ccccc12)C(=O)NC(CC(=O)O)C(=O)O. The van der Waals surface area contributed by atoms with Crippen molar-refractivity contribution in [2.45, 2.75) is 69.1 Å². The van der Waals surface area contributed by atoms with Gasteiger partial charge in [-0.3, -0.25) is 24.2 Å². The average Bonchev–Trinajstić information content (AvgIpc) is 3.36. The molecule has 43 heavy (non-hydrogen) atoms. The molecule has 1 aromatic carbocycles. The Morgan fingerprint density at radius 3 is 2.16 bits per heavy atom. The summed E-state index contributed by atoms with van der Waals surface area (Å²) in [6.07, 6.45) is 2.71. The second kappa shape index (κ2) is 17.3. The van der Waals surface area contributed by atoms with Crippen molar-refractivity contribution in [3.05, 3.63) is 36.0 Å². The lowest BCUT2D eigenvalue weighted by molar-refractivity contribution is -0.147. The third-order valence-electron chi connectivity index (χ3n) is 6.61. The van der Waals surface area contributed by atoms with E-state index < -0.39 is 60.2 Å². The molecule has 3 amide bonds. The van der Waals surface area contributed by atoms with Crippen LogP contribution in [0.2, 0.25) is 0 Å². The molecule has 0 fully saturated rings. The lowest BCUT2D eigenvalue weighted by atomic mass is 10.0. The number of carboxylic acids is 2. The van der Waals surface area contributed by atoms with Crippen LogP contribution in [-0.4, -0.2) is 88.1 Å². The third kappa shape index (κ3) is 11.6. The molecule has 0 aliphatic heterocycles. The molecule has 1 heterocycles. The summed E-state index contributed by atoms with van der Waals surface area (Å²) in [7, 11) is 0. The Bertz CT molecular complexity index is 1290. The maximum Gasteiger partial charge on any atom is 0.326 e. The summed E-state index contributed by atoms with van der Waals surface area (Å²) in [6, 6.07) is 2.10. The van der Waals surface area contributed by atoms with Crippen LogP contribution in [0.25, 0.3) is 10.9 Å². The number of guanidine groups is 1. The van der Waals surface area contributed by atoms with Crippen LogP contribution in [-0.2, 0) is 30.4 Å². The molecule has 1 aromatic heterocycles. The van der Waals surface area contributed by atoms with E-state index in [2.05, 4.69) is 25.9 Å². The number of amides is 3. The molecular weight excluding hydrogens is 562 g/mol. The van der Waals surface area contributed by atoms with E-state index in [9.17, 15) is 29.1 Å².